The van der Waals surface area contributed by atoms with Gasteiger partial charge in [-0.2, -0.15) is 5.26 Å². The lowest BCUT2D eigenvalue weighted by Gasteiger charge is -2.17. The van der Waals surface area contributed by atoms with Crippen LogP contribution >= 0.6 is 11.6 Å². The third-order valence-corrected chi connectivity index (χ3v) is 7.29. The molecule has 10 heteroatoms. The fourth-order valence-corrected chi connectivity index (χ4v) is 5.07. The Balaban J connectivity index is 0.00000216. The number of pyridine rings is 2. The first kappa shape index (κ1) is 32.3. The van der Waals surface area contributed by atoms with E-state index in [1.54, 1.807) is 36.5 Å². The minimum atomic E-state index is -0.261. The average Bonchev–Trinajstić information content (AvgIpc) is 3.46. The first-order valence-corrected chi connectivity index (χ1v) is 15.1. The Bertz CT molecular complexity index is 1650. The summed E-state index contributed by atoms with van der Waals surface area (Å²) in [6, 6.07) is 16.9. The van der Waals surface area contributed by atoms with Crippen molar-refractivity contribution in [3.63, 3.8) is 0 Å². The Morgan fingerprint density at radius 3 is 2.68 bits per heavy atom. The maximum atomic E-state index is 12.9. The highest BCUT2D eigenvalue weighted by molar-refractivity contribution is 6.32. The predicted molar refractivity (Wildman–Crippen MR) is 176 cm³/mol. The predicted octanol–water partition coefficient (Wildman–Crippen LogP) is 7.49. The fourth-order valence-electron chi connectivity index (χ4n) is 4.84. The molecule has 1 atom stereocenters. The van der Waals surface area contributed by atoms with Crippen molar-refractivity contribution in [1.82, 2.24) is 14.9 Å². The number of halogens is 1. The van der Waals surface area contributed by atoms with Gasteiger partial charge in [-0.05, 0) is 69.8 Å². The first-order chi connectivity index (χ1) is 21.4. The number of aromatic nitrogens is 2. The molecule has 1 fully saturated rings. The molecule has 1 saturated heterocycles. The van der Waals surface area contributed by atoms with Crippen LogP contribution < -0.4 is 20.1 Å². The Hall–Kier alpha value is -4.65. The summed E-state index contributed by atoms with van der Waals surface area (Å²) in [7, 11) is 2.06. The summed E-state index contributed by atoms with van der Waals surface area (Å²) < 4.78 is 11.7. The van der Waals surface area contributed by atoms with Crippen molar-refractivity contribution in [3.05, 3.63) is 89.4 Å². The number of carbonyl (C=O) groups is 1. The summed E-state index contributed by atoms with van der Waals surface area (Å²) >= 11 is 6.54. The highest BCUT2D eigenvalue weighted by Crippen LogP contribution is 2.37. The highest BCUT2D eigenvalue weighted by Gasteiger charge is 2.19. The van der Waals surface area contributed by atoms with Crippen LogP contribution in [0, 0.1) is 11.3 Å². The van der Waals surface area contributed by atoms with E-state index in [4.69, 9.17) is 21.1 Å². The number of benzene rings is 2. The van der Waals surface area contributed by atoms with E-state index < -0.39 is 0 Å². The quantitative estimate of drug-likeness (QED) is 0.177. The Labute approximate surface area is 263 Å². The number of likely N-dealkylation sites (tertiary alicyclic amines) is 1. The molecule has 2 aromatic heterocycles. The molecule has 5 rings (SSSR count). The van der Waals surface area contributed by atoms with Crippen molar-refractivity contribution in [3.8, 4) is 17.6 Å². The smallest absolute Gasteiger partial charge is 0.248 e. The molecular weight excluding hydrogens is 576 g/mol. The van der Waals surface area contributed by atoms with Crippen LogP contribution in [0.3, 0.4) is 0 Å². The summed E-state index contributed by atoms with van der Waals surface area (Å²) in [5.74, 6) is 0.740. The second kappa shape index (κ2) is 15.7. The Kier molecular flexibility index (Phi) is 11.5. The van der Waals surface area contributed by atoms with Gasteiger partial charge in [0.15, 0.2) is 0 Å². The Morgan fingerprint density at radius 1 is 1.16 bits per heavy atom. The largest absolute Gasteiger partial charge is 0.492 e. The van der Waals surface area contributed by atoms with Crippen molar-refractivity contribution >= 4 is 45.5 Å². The molecule has 9 nitrogen and oxygen atoms in total. The molecule has 1 unspecified atom stereocenters. The van der Waals surface area contributed by atoms with Gasteiger partial charge in [0.1, 0.15) is 24.2 Å². The molecule has 228 valence electrons. The van der Waals surface area contributed by atoms with E-state index in [2.05, 4.69) is 38.6 Å². The molecule has 2 aromatic carbocycles. The van der Waals surface area contributed by atoms with E-state index in [0.29, 0.717) is 56.7 Å². The third-order valence-electron chi connectivity index (χ3n) is 7.00. The molecule has 1 aliphatic rings. The second-order valence-electron chi connectivity index (χ2n) is 9.88. The van der Waals surface area contributed by atoms with Crippen LogP contribution in [0.2, 0.25) is 5.02 Å². The molecule has 2 N–H and O–H groups in total. The minimum absolute atomic E-state index is 0.246. The van der Waals surface area contributed by atoms with Crippen LogP contribution in [-0.4, -0.2) is 47.0 Å². The van der Waals surface area contributed by atoms with Crippen LogP contribution in [-0.2, 0) is 11.4 Å². The molecule has 1 amide bonds. The normalized spacial score (nSPS) is 14.5. The molecule has 44 heavy (non-hydrogen) atoms. The number of anilines is 3. The zero-order chi connectivity index (χ0) is 31.5. The Morgan fingerprint density at radius 2 is 2.00 bits per heavy atom. The lowest BCUT2D eigenvalue weighted by Crippen LogP contribution is -2.23. The number of hydrogen-bond acceptors (Lipinski definition) is 8. The number of ether oxygens (including phenoxy) is 2. The topological polar surface area (TPSA) is 112 Å². The van der Waals surface area contributed by atoms with Crippen molar-refractivity contribution in [2.45, 2.75) is 46.3 Å². The lowest BCUT2D eigenvalue weighted by molar-refractivity contribution is -0.112. The highest BCUT2D eigenvalue weighted by atomic mass is 35.5. The number of likely N-dealkylation sites (N-methyl/N-ethyl adjacent to an activating group) is 1. The summed E-state index contributed by atoms with van der Waals surface area (Å²) in [5.41, 5.74) is 3.38. The van der Waals surface area contributed by atoms with Crippen LogP contribution in [0.5, 0.6) is 11.5 Å². The van der Waals surface area contributed by atoms with Crippen molar-refractivity contribution in [2.75, 3.05) is 30.8 Å². The van der Waals surface area contributed by atoms with Gasteiger partial charge in [0.25, 0.3) is 0 Å². The molecule has 0 radical (unpaired) electrons. The molecule has 0 aliphatic carbocycles. The first-order valence-electron chi connectivity index (χ1n) is 14.7. The van der Waals surface area contributed by atoms with Crippen LogP contribution in [0.1, 0.15) is 44.9 Å². The monoisotopic (exact) mass is 612 g/mol. The van der Waals surface area contributed by atoms with Gasteiger partial charge < -0.3 is 20.1 Å². The van der Waals surface area contributed by atoms with Gasteiger partial charge in [0, 0.05) is 41.7 Å². The number of rotatable bonds is 10. The van der Waals surface area contributed by atoms with Crippen molar-refractivity contribution < 1.29 is 14.3 Å². The molecule has 0 spiro atoms. The summed E-state index contributed by atoms with van der Waals surface area (Å²) in [6.45, 7) is 7.58. The van der Waals surface area contributed by atoms with E-state index >= 15 is 0 Å². The van der Waals surface area contributed by atoms with Gasteiger partial charge >= 0.3 is 0 Å². The van der Waals surface area contributed by atoms with Gasteiger partial charge in [-0.25, -0.2) is 0 Å². The number of nitriles is 1. The van der Waals surface area contributed by atoms with Gasteiger partial charge in [0.2, 0.25) is 5.91 Å². The average molecular weight is 613 g/mol. The SMILES string of the molecule is CC.CCOc1cc2ncc(C#N)c(Nc3ccc(OCc4ccccn4)c(Cl)c3)c2cc1NC(=O)/C=C/C1CCCN1C. The molecule has 1 aliphatic heterocycles. The van der Waals surface area contributed by atoms with Gasteiger partial charge in [-0.1, -0.05) is 37.6 Å². The van der Waals surface area contributed by atoms with Crippen LogP contribution in [0.4, 0.5) is 17.1 Å². The molecular formula is C34H37ClN6O3. The van der Waals surface area contributed by atoms with Crippen LogP contribution in [0.15, 0.2) is 73.1 Å². The number of nitrogens with zero attached hydrogens (tertiary/aromatic N) is 4. The molecule has 0 bridgehead atoms. The summed E-state index contributed by atoms with van der Waals surface area (Å²) in [6.07, 6.45) is 8.85. The zero-order valence-electron chi connectivity index (χ0n) is 25.4. The third kappa shape index (κ3) is 8.04. The van der Waals surface area contributed by atoms with Crippen molar-refractivity contribution in [1.29, 1.82) is 5.26 Å². The van der Waals surface area contributed by atoms with E-state index in [0.717, 1.165) is 25.1 Å². The molecule has 4 aromatic rings. The summed E-state index contributed by atoms with van der Waals surface area (Å²) in [4.78, 5) is 23.9. The van der Waals surface area contributed by atoms with Gasteiger partial charge in [-0.15, -0.1) is 0 Å². The van der Waals surface area contributed by atoms with E-state index in [9.17, 15) is 10.1 Å². The van der Waals surface area contributed by atoms with Crippen LogP contribution in [0.25, 0.3) is 10.9 Å². The van der Waals surface area contributed by atoms with Gasteiger partial charge in [0.05, 0.1) is 39.8 Å². The van der Waals surface area contributed by atoms with E-state index in [1.165, 1.54) is 6.20 Å². The van der Waals surface area contributed by atoms with Gasteiger partial charge in [-0.3, -0.25) is 19.7 Å². The number of hydrogen-bond donors (Lipinski definition) is 2. The number of nitrogens with one attached hydrogen (secondary N) is 2. The standard InChI is InChI=1S/C32H31ClN6O3.C2H6/c1-3-41-30-17-27-25(16-28(30)38-31(40)12-10-24-8-6-14-39(24)2)32(21(18-34)19-36-27)37-22-9-11-29(26(33)15-22)42-20-23-7-4-5-13-35-23;1-2/h4-5,7,9-13,15-17,19,24H,3,6,8,14,20H2,1-2H3,(H,36,37)(H,38,40);1-2H3/b12-10+;. The second-order valence-corrected chi connectivity index (χ2v) is 10.3. The van der Waals surface area contributed by atoms with E-state index in [-0.39, 0.29) is 18.6 Å². The molecule has 0 saturated carbocycles. The lowest BCUT2D eigenvalue weighted by atomic mass is 10.1. The van der Waals surface area contributed by atoms with Crippen molar-refractivity contribution in [2.24, 2.45) is 0 Å². The fraction of sp³-hybridized carbons (Fsp3) is 0.294. The summed E-state index contributed by atoms with van der Waals surface area (Å²) in [5, 5.41) is 17.2. The molecule has 3 heterocycles. The number of amides is 1. The number of carbonyl (C=O) groups excluding carboxylic acids is 1. The zero-order valence-corrected chi connectivity index (χ0v) is 26.2. The number of fused-ring (bicyclic) bond motifs is 1. The minimum Gasteiger partial charge on any atom is -0.492 e. The maximum Gasteiger partial charge on any atom is 0.248 e. The van der Waals surface area contributed by atoms with E-state index in [1.807, 2.05) is 51.1 Å². The maximum absolute atomic E-state index is 12.9.